The molecule has 0 saturated heterocycles. The van der Waals surface area contributed by atoms with Gasteiger partial charge in [0.05, 0.1) is 18.5 Å². The maximum Gasteiger partial charge on any atom is 0.356 e. The second-order valence-electron chi connectivity index (χ2n) is 6.23. The lowest BCUT2D eigenvalue weighted by atomic mass is 10.1. The Morgan fingerprint density at radius 1 is 0.897 bits per heavy atom. The summed E-state index contributed by atoms with van der Waals surface area (Å²) in [6.45, 7) is 0. The van der Waals surface area contributed by atoms with Crippen LogP contribution in [0.25, 0.3) is 16.9 Å². The SMILES string of the molecule is COC(=O)c1cc(-c2ccc(Oc3ccc(Cl)cc3)cc2)nn1-c1ccccc1. The van der Waals surface area contributed by atoms with Crippen molar-refractivity contribution in [2.75, 3.05) is 7.11 Å². The Kier molecular flexibility index (Phi) is 5.31. The quantitative estimate of drug-likeness (QED) is 0.396. The summed E-state index contributed by atoms with van der Waals surface area (Å²) in [5, 5.41) is 5.26. The molecule has 4 rings (SSSR count). The minimum atomic E-state index is -0.449. The molecule has 0 atom stereocenters. The van der Waals surface area contributed by atoms with Crippen molar-refractivity contribution < 1.29 is 14.3 Å². The van der Waals surface area contributed by atoms with Crippen LogP contribution in [0.15, 0.2) is 84.9 Å². The predicted octanol–water partition coefficient (Wildman–Crippen LogP) is 5.77. The number of ether oxygens (including phenoxy) is 2. The molecule has 0 aliphatic carbocycles. The number of halogens is 1. The number of methoxy groups -OCH3 is 1. The smallest absolute Gasteiger partial charge is 0.356 e. The second-order valence-corrected chi connectivity index (χ2v) is 6.67. The van der Waals surface area contributed by atoms with Crippen LogP contribution in [0.1, 0.15) is 10.5 Å². The van der Waals surface area contributed by atoms with Gasteiger partial charge in [-0.05, 0) is 66.7 Å². The molecule has 6 heteroatoms. The van der Waals surface area contributed by atoms with E-state index < -0.39 is 5.97 Å². The van der Waals surface area contributed by atoms with Crippen molar-refractivity contribution in [2.24, 2.45) is 0 Å². The fraction of sp³-hybridized carbons (Fsp3) is 0.0435. The van der Waals surface area contributed by atoms with E-state index >= 15 is 0 Å². The van der Waals surface area contributed by atoms with Gasteiger partial charge in [-0.3, -0.25) is 0 Å². The average Bonchev–Trinajstić information content (AvgIpc) is 3.21. The van der Waals surface area contributed by atoms with E-state index in [2.05, 4.69) is 5.10 Å². The molecule has 144 valence electrons. The van der Waals surface area contributed by atoms with Gasteiger partial charge in [-0.1, -0.05) is 29.8 Å². The minimum absolute atomic E-state index is 0.357. The highest BCUT2D eigenvalue weighted by Crippen LogP contribution is 2.27. The molecule has 1 heterocycles. The highest BCUT2D eigenvalue weighted by atomic mass is 35.5. The number of nitrogens with zero attached hydrogens (tertiary/aromatic N) is 2. The molecule has 29 heavy (non-hydrogen) atoms. The average molecular weight is 405 g/mol. The van der Waals surface area contributed by atoms with Gasteiger partial charge in [-0.2, -0.15) is 5.10 Å². The third-order valence-electron chi connectivity index (χ3n) is 4.30. The van der Waals surface area contributed by atoms with Crippen LogP contribution < -0.4 is 4.74 Å². The number of para-hydroxylation sites is 1. The van der Waals surface area contributed by atoms with Crippen molar-refractivity contribution >= 4 is 17.6 Å². The summed E-state index contributed by atoms with van der Waals surface area (Å²) in [6, 6.07) is 25.8. The number of carbonyl (C=O) groups excluding carboxylic acids is 1. The molecule has 0 spiro atoms. The van der Waals surface area contributed by atoms with Gasteiger partial charge in [-0.15, -0.1) is 0 Å². The van der Waals surface area contributed by atoms with Crippen molar-refractivity contribution in [3.63, 3.8) is 0 Å². The zero-order chi connectivity index (χ0) is 20.2. The van der Waals surface area contributed by atoms with Crippen LogP contribution in [-0.4, -0.2) is 22.9 Å². The first-order valence-corrected chi connectivity index (χ1v) is 9.29. The Morgan fingerprint density at radius 2 is 1.52 bits per heavy atom. The summed E-state index contributed by atoms with van der Waals surface area (Å²) in [5.74, 6) is 0.936. The third kappa shape index (κ3) is 4.15. The number of esters is 1. The van der Waals surface area contributed by atoms with E-state index in [0.29, 0.717) is 27.9 Å². The molecule has 1 aromatic heterocycles. The second kappa shape index (κ2) is 8.20. The van der Waals surface area contributed by atoms with E-state index in [-0.39, 0.29) is 0 Å². The number of aromatic nitrogens is 2. The van der Waals surface area contributed by atoms with Gasteiger partial charge in [0.2, 0.25) is 0 Å². The van der Waals surface area contributed by atoms with Gasteiger partial charge in [0.25, 0.3) is 0 Å². The molecule has 0 aliphatic rings. The zero-order valence-corrected chi connectivity index (χ0v) is 16.3. The van der Waals surface area contributed by atoms with Gasteiger partial charge in [0.15, 0.2) is 5.69 Å². The Balaban J connectivity index is 1.63. The lowest BCUT2D eigenvalue weighted by Gasteiger charge is -2.06. The summed E-state index contributed by atoms with van der Waals surface area (Å²) in [4.78, 5) is 12.2. The molecule has 3 aromatic carbocycles. The lowest BCUT2D eigenvalue weighted by Crippen LogP contribution is -2.09. The van der Waals surface area contributed by atoms with Gasteiger partial charge in [0, 0.05) is 10.6 Å². The first-order valence-electron chi connectivity index (χ1n) is 8.92. The van der Waals surface area contributed by atoms with Crippen LogP contribution in [0.3, 0.4) is 0 Å². The Morgan fingerprint density at radius 3 is 2.14 bits per heavy atom. The Hall–Kier alpha value is -3.57. The normalized spacial score (nSPS) is 10.6. The van der Waals surface area contributed by atoms with Gasteiger partial charge < -0.3 is 9.47 Å². The molecule has 0 unspecified atom stereocenters. The third-order valence-corrected chi connectivity index (χ3v) is 4.56. The van der Waals surface area contributed by atoms with Crippen molar-refractivity contribution in [1.29, 1.82) is 0 Å². The van der Waals surface area contributed by atoms with Gasteiger partial charge in [0.1, 0.15) is 11.5 Å². The predicted molar refractivity (Wildman–Crippen MR) is 112 cm³/mol. The van der Waals surface area contributed by atoms with Crippen LogP contribution in [0.4, 0.5) is 0 Å². The van der Waals surface area contributed by atoms with Gasteiger partial charge >= 0.3 is 5.97 Å². The molecule has 0 radical (unpaired) electrons. The largest absolute Gasteiger partial charge is 0.464 e. The van der Waals surface area contributed by atoms with Crippen molar-refractivity contribution in [3.05, 3.63) is 95.6 Å². The van der Waals surface area contributed by atoms with E-state index in [1.165, 1.54) is 7.11 Å². The number of carbonyl (C=O) groups is 1. The van der Waals surface area contributed by atoms with Crippen LogP contribution in [0.2, 0.25) is 5.02 Å². The number of hydrogen-bond acceptors (Lipinski definition) is 4. The highest BCUT2D eigenvalue weighted by molar-refractivity contribution is 6.30. The molecule has 5 nitrogen and oxygen atoms in total. The molecule has 0 bridgehead atoms. The van der Waals surface area contributed by atoms with Crippen molar-refractivity contribution in [2.45, 2.75) is 0 Å². The molecule has 0 saturated carbocycles. The van der Waals surface area contributed by atoms with Crippen LogP contribution in [0, 0.1) is 0 Å². The zero-order valence-electron chi connectivity index (χ0n) is 15.6. The molecular formula is C23H17ClN2O3. The molecular weight excluding hydrogens is 388 g/mol. The maximum atomic E-state index is 12.2. The monoisotopic (exact) mass is 404 g/mol. The van der Waals surface area contributed by atoms with Crippen LogP contribution >= 0.6 is 11.6 Å². The maximum absolute atomic E-state index is 12.2. The van der Waals surface area contributed by atoms with Crippen molar-refractivity contribution in [1.82, 2.24) is 9.78 Å². The fourth-order valence-corrected chi connectivity index (χ4v) is 3.00. The summed E-state index contributed by atoms with van der Waals surface area (Å²) >= 11 is 5.90. The van der Waals surface area contributed by atoms with Crippen LogP contribution in [-0.2, 0) is 4.74 Å². The Bertz CT molecular complexity index is 1120. The van der Waals surface area contributed by atoms with E-state index in [0.717, 1.165) is 11.3 Å². The molecule has 0 N–H and O–H groups in total. The molecule has 0 amide bonds. The first kappa shape index (κ1) is 18.8. The minimum Gasteiger partial charge on any atom is -0.464 e. The molecule has 0 aliphatic heterocycles. The summed E-state index contributed by atoms with van der Waals surface area (Å²) in [5.41, 5.74) is 2.65. The summed E-state index contributed by atoms with van der Waals surface area (Å²) in [6.07, 6.45) is 0. The molecule has 4 aromatic rings. The summed E-state index contributed by atoms with van der Waals surface area (Å²) < 4.78 is 12.3. The first-order chi connectivity index (χ1) is 14.1. The van der Waals surface area contributed by atoms with E-state index in [4.69, 9.17) is 21.1 Å². The number of hydrogen-bond donors (Lipinski definition) is 0. The van der Waals surface area contributed by atoms with E-state index in [9.17, 15) is 4.79 Å². The number of rotatable bonds is 5. The summed E-state index contributed by atoms with van der Waals surface area (Å²) in [7, 11) is 1.35. The topological polar surface area (TPSA) is 53.4 Å². The standard InChI is InChI=1S/C23H17ClN2O3/c1-28-23(27)22-15-21(25-26(22)18-5-3-2-4-6-18)16-7-11-19(12-8-16)29-20-13-9-17(24)10-14-20/h2-15H,1H3. The van der Waals surface area contributed by atoms with Crippen LogP contribution in [0.5, 0.6) is 11.5 Å². The van der Waals surface area contributed by atoms with E-state index in [1.54, 1.807) is 35.0 Å². The van der Waals surface area contributed by atoms with Gasteiger partial charge in [-0.25, -0.2) is 9.48 Å². The lowest BCUT2D eigenvalue weighted by molar-refractivity contribution is 0.0590. The van der Waals surface area contributed by atoms with Crippen molar-refractivity contribution in [3.8, 4) is 28.4 Å². The van der Waals surface area contributed by atoms with E-state index in [1.807, 2.05) is 54.6 Å². The highest BCUT2D eigenvalue weighted by Gasteiger charge is 2.18. The Labute approximate surface area is 173 Å². The number of benzene rings is 3. The fourth-order valence-electron chi connectivity index (χ4n) is 2.87. The molecule has 0 fully saturated rings.